The number of hydrogen-bond donors (Lipinski definition) is 2. The number of carbonyl (C=O) groups is 1. The van der Waals surface area contributed by atoms with Gasteiger partial charge in [-0.05, 0) is 26.8 Å². The molecule has 0 saturated carbocycles. The van der Waals surface area contributed by atoms with Crippen molar-refractivity contribution in [1.29, 1.82) is 0 Å². The summed E-state index contributed by atoms with van der Waals surface area (Å²) in [5.74, 6) is 4.96. The largest absolute Gasteiger partial charge is 0.293 e. The van der Waals surface area contributed by atoms with Crippen molar-refractivity contribution in [2.45, 2.75) is 46.2 Å². The predicted molar refractivity (Wildman–Crippen MR) is 53.9 cm³/mol. The maximum absolute atomic E-state index is 11.3. The number of rotatable bonds is 5. The molecule has 0 fully saturated rings. The highest BCUT2D eigenvalue weighted by Gasteiger charge is 2.22. The summed E-state index contributed by atoms with van der Waals surface area (Å²) in [5.41, 5.74) is 2.18. The Bertz CT molecular complexity index is 161. The Hall–Kier alpha value is -0.610. The number of nitrogens with one attached hydrogen (secondary N) is 1. The van der Waals surface area contributed by atoms with Gasteiger partial charge in [-0.15, -0.1) is 0 Å². The molecule has 13 heavy (non-hydrogen) atoms. The fourth-order valence-electron chi connectivity index (χ4n) is 1.47. The SMILES string of the molecule is CCC(C)N(CC)C(C)C(=O)NN. The average molecular weight is 187 g/mol. The average Bonchev–Trinajstić information content (AvgIpc) is 2.17. The van der Waals surface area contributed by atoms with E-state index in [0.29, 0.717) is 6.04 Å². The summed E-state index contributed by atoms with van der Waals surface area (Å²) in [6, 6.07) is 0.266. The minimum atomic E-state index is -0.148. The first-order valence-electron chi connectivity index (χ1n) is 4.84. The third-order valence-electron chi connectivity index (χ3n) is 2.54. The van der Waals surface area contributed by atoms with Crippen LogP contribution in [0, 0.1) is 0 Å². The number of nitrogens with two attached hydrogens (primary N) is 1. The molecule has 0 heterocycles. The summed E-state index contributed by atoms with van der Waals surface area (Å²) in [6.45, 7) is 9.01. The third-order valence-corrected chi connectivity index (χ3v) is 2.54. The van der Waals surface area contributed by atoms with E-state index in [4.69, 9.17) is 5.84 Å². The van der Waals surface area contributed by atoms with Crippen LogP contribution in [0.15, 0.2) is 0 Å². The smallest absolute Gasteiger partial charge is 0.250 e. The lowest BCUT2D eigenvalue weighted by molar-refractivity contribution is -0.126. The second-order valence-electron chi connectivity index (χ2n) is 3.27. The predicted octanol–water partition coefficient (Wildman–Crippen LogP) is 0.485. The van der Waals surface area contributed by atoms with E-state index in [1.54, 1.807) is 0 Å². The monoisotopic (exact) mass is 187 g/mol. The van der Waals surface area contributed by atoms with Crippen LogP contribution in [-0.2, 0) is 4.79 Å². The first-order valence-corrected chi connectivity index (χ1v) is 4.84. The summed E-state index contributed by atoms with van der Waals surface area (Å²) in [4.78, 5) is 13.4. The summed E-state index contributed by atoms with van der Waals surface area (Å²) in [7, 11) is 0. The first kappa shape index (κ1) is 12.4. The van der Waals surface area contributed by atoms with Crippen molar-refractivity contribution in [2.75, 3.05) is 6.54 Å². The fraction of sp³-hybridized carbons (Fsp3) is 0.889. The maximum Gasteiger partial charge on any atom is 0.250 e. The molecule has 0 aliphatic carbocycles. The number of hydrogen-bond acceptors (Lipinski definition) is 3. The van der Waals surface area contributed by atoms with Crippen LogP contribution in [0.4, 0.5) is 0 Å². The van der Waals surface area contributed by atoms with Gasteiger partial charge in [-0.25, -0.2) is 5.84 Å². The van der Waals surface area contributed by atoms with Crippen molar-refractivity contribution in [3.63, 3.8) is 0 Å². The van der Waals surface area contributed by atoms with Gasteiger partial charge >= 0.3 is 0 Å². The molecule has 0 aliphatic heterocycles. The Morgan fingerprint density at radius 2 is 2.00 bits per heavy atom. The molecule has 4 nitrogen and oxygen atoms in total. The van der Waals surface area contributed by atoms with Crippen molar-refractivity contribution in [3.8, 4) is 0 Å². The Kier molecular flexibility index (Phi) is 5.66. The van der Waals surface area contributed by atoms with E-state index in [1.807, 2.05) is 13.8 Å². The van der Waals surface area contributed by atoms with Gasteiger partial charge in [-0.2, -0.15) is 0 Å². The minimum Gasteiger partial charge on any atom is -0.293 e. The second kappa shape index (κ2) is 5.94. The van der Waals surface area contributed by atoms with Gasteiger partial charge < -0.3 is 0 Å². The van der Waals surface area contributed by atoms with E-state index in [9.17, 15) is 4.79 Å². The van der Waals surface area contributed by atoms with E-state index in [0.717, 1.165) is 13.0 Å². The van der Waals surface area contributed by atoms with Crippen molar-refractivity contribution in [2.24, 2.45) is 5.84 Å². The molecule has 0 aromatic carbocycles. The lowest BCUT2D eigenvalue weighted by Crippen LogP contribution is -2.50. The molecule has 0 bridgehead atoms. The molecule has 3 N–H and O–H groups in total. The Morgan fingerprint density at radius 1 is 1.46 bits per heavy atom. The van der Waals surface area contributed by atoms with Crippen molar-refractivity contribution >= 4 is 5.91 Å². The molecular weight excluding hydrogens is 166 g/mol. The molecule has 0 aliphatic rings. The Balaban J connectivity index is 4.30. The van der Waals surface area contributed by atoms with Crippen LogP contribution >= 0.6 is 0 Å². The molecule has 2 unspecified atom stereocenters. The zero-order valence-corrected chi connectivity index (χ0v) is 9.00. The van der Waals surface area contributed by atoms with Crippen LogP contribution in [0.1, 0.15) is 34.1 Å². The van der Waals surface area contributed by atoms with Gasteiger partial charge in [0, 0.05) is 6.04 Å². The number of nitrogens with zero attached hydrogens (tertiary/aromatic N) is 1. The molecule has 0 aromatic rings. The van der Waals surface area contributed by atoms with Gasteiger partial charge in [0.25, 0.3) is 5.91 Å². The van der Waals surface area contributed by atoms with Crippen LogP contribution in [0.2, 0.25) is 0 Å². The molecule has 0 rings (SSSR count). The van der Waals surface area contributed by atoms with E-state index >= 15 is 0 Å². The molecule has 0 spiro atoms. The summed E-state index contributed by atoms with van der Waals surface area (Å²) in [5, 5.41) is 0. The Morgan fingerprint density at radius 3 is 2.31 bits per heavy atom. The fourth-order valence-corrected chi connectivity index (χ4v) is 1.47. The standard InChI is InChI=1S/C9H21N3O/c1-5-7(3)12(6-2)8(4)9(13)11-10/h7-8H,5-6,10H2,1-4H3,(H,11,13). The molecule has 4 heteroatoms. The molecule has 0 radical (unpaired) electrons. The lowest BCUT2D eigenvalue weighted by atomic mass is 10.1. The van der Waals surface area contributed by atoms with Crippen LogP contribution < -0.4 is 11.3 Å². The highest BCUT2D eigenvalue weighted by Crippen LogP contribution is 2.07. The van der Waals surface area contributed by atoms with Gasteiger partial charge in [0.05, 0.1) is 6.04 Å². The highest BCUT2D eigenvalue weighted by molar-refractivity contribution is 5.80. The zero-order chi connectivity index (χ0) is 10.4. The van der Waals surface area contributed by atoms with Crippen LogP contribution in [0.25, 0.3) is 0 Å². The minimum absolute atomic E-state index is 0.123. The van der Waals surface area contributed by atoms with Gasteiger partial charge in [0.1, 0.15) is 0 Å². The number of likely N-dealkylation sites (N-methyl/N-ethyl adjacent to an activating group) is 1. The zero-order valence-electron chi connectivity index (χ0n) is 9.00. The third kappa shape index (κ3) is 3.32. The summed E-state index contributed by atoms with van der Waals surface area (Å²) < 4.78 is 0. The van der Waals surface area contributed by atoms with E-state index in [1.165, 1.54) is 0 Å². The number of amides is 1. The van der Waals surface area contributed by atoms with Crippen LogP contribution in [0.3, 0.4) is 0 Å². The van der Waals surface area contributed by atoms with Crippen molar-refractivity contribution < 1.29 is 4.79 Å². The van der Waals surface area contributed by atoms with Gasteiger partial charge in [-0.3, -0.25) is 15.1 Å². The highest BCUT2D eigenvalue weighted by atomic mass is 16.2. The van der Waals surface area contributed by atoms with E-state index in [2.05, 4.69) is 24.2 Å². The van der Waals surface area contributed by atoms with Crippen molar-refractivity contribution in [1.82, 2.24) is 10.3 Å². The summed E-state index contributed by atoms with van der Waals surface area (Å²) >= 11 is 0. The van der Waals surface area contributed by atoms with E-state index in [-0.39, 0.29) is 11.9 Å². The molecule has 1 amide bonds. The van der Waals surface area contributed by atoms with Gasteiger partial charge in [-0.1, -0.05) is 13.8 Å². The van der Waals surface area contributed by atoms with Gasteiger partial charge in [0.15, 0.2) is 0 Å². The maximum atomic E-state index is 11.3. The topological polar surface area (TPSA) is 58.4 Å². The Labute approximate surface area is 80.4 Å². The first-order chi connectivity index (χ1) is 6.08. The lowest BCUT2D eigenvalue weighted by Gasteiger charge is -2.31. The van der Waals surface area contributed by atoms with E-state index < -0.39 is 0 Å². The number of hydrazine groups is 1. The van der Waals surface area contributed by atoms with Crippen LogP contribution in [0.5, 0.6) is 0 Å². The molecule has 2 atom stereocenters. The van der Waals surface area contributed by atoms with Gasteiger partial charge in [0.2, 0.25) is 0 Å². The van der Waals surface area contributed by atoms with Crippen molar-refractivity contribution in [3.05, 3.63) is 0 Å². The molecular formula is C9H21N3O. The number of carbonyl (C=O) groups excluding carboxylic acids is 1. The molecule has 78 valence electrons. The molecule has 0 aromatic heterocycles. The van der Waals surface area contributed by atoms with Crippen LogP contribution in [-0.4, -0.2) is 29.4 Å². The molecule has 0 saturated heterocycles. The quantitative estimate of drug-likeness (QED) is 0.374. The normalized spacial score (nSPS) is 15.5. The second-order valence-corrected chi connectivity index (χ2v) is 3.27. The summed E-state index contributed by atoms with van der Waals surface area (Å²) in [6.07, 6.45) is 1.04.